The molecule has 0 N–H and O–H groups in total. The number of carbonyl (C=O) groups is 2. The Morgan fingerprint density at radius 3 is 1.12 bits per heavy atom. The molecule has 0 heterocycles. The molecule has 1 atom stereocenters. The van der Waals surface area contributed by atoms with E-state index in [1.54, 1.807) is 0 Å². The maximum absolute atomic E-state index is 12.8. The van der Waals surface area contributed by atoms with Crippen molar-refractivity contribution in [3.8, 4) is 0 Å². The first-order chi connectivity index (χ1) is 32.6. The van der Waals surface area contributed by atoms with E-state index >= 15 is 0 Å². The molecule has 66 heavy (non-hydrogen) atoms. The number of unbranched alkanes of at least 4 members (excludes halogenated alkanes) is 26. The van der Waals surface area contributed by atoms with Crippen LogP contribution < -0.4 is 0 Å². The Morgan fingerprint density at radius 2 is 0.682 bits per heavy atom. The molecule has 0 bridgehead atoms. The Hall–Kier alpha value is -2.92. The fourth-order valence-electron chi connectivity index (χ4n) is 7.74. The summed E-state index contributed by atoms with van der Waals surface area (Å²) in [5.74, 6) is -0.424. The quantitative estimate of drug-likeness (QED) is 0.0346. The van der Waals surface area contributed by atoms with Crippen LogP contribution in [0.3, 0.4) is 0 Å². The van der Waals surface area contributed by atoms with Gasteiger partial charge in [-0.15, -0.1) is 0 Å². The third kappa shape index (κ3) is 53.7. The minimum atomic E-state index is -0.561. The first kappa shape index (κ1) is 63.1. The van der Waals surface area contributed by atoms with Crippen LogP contribution in [0.4, 0.5) is 0 Å². The van der Waals surface area contributed by atoms with Crippen LogP contribution in [0.15, 0.2) is 85.1 Å². The van der Waals surface area contributed by atoms with E-state index in [0.29, 0.717) is 19.4 Å². The van der Waals surface area contributed by atoms with Gasteiger partial charge in [0.25, 0.3) is 0 Å². The molecule has 0 fully saturated rings. The Kier molecular flexibility index (Phi) is 53.9. The van der Waals surface area contributed by atoms with Crippen LogP contribution >= 0.6 is 0 Å². The van der Waals surface area contributed by atoms with Crippen LogP contribution in [-0.4, -0.2) is 37.9 Å². The molecule has 0 spiro atoms. The summed E-state index contributed by atoms with van der Waals surface area (Å²) in [5, 5.41) is 0. The molecule has 0 aliphatic rings. The molecule has 0 aromatic rings. The van der Waals surface area contributed by atoms with Gasteiger partial charge in [0.1, 0.15) is 6.61 Å². The second-order valence-electron chi connectivity index (χ2n) is 18.5. The molecule has 1 unspecified atom stereocenters. The molecule has 0 saturated heterocycles. The number of hydrogen-bond donors (Lipinski definition) is 0. The highest BCUT2D eigenvalue weighted by Gasteiger charge is 2.17. The monoisotopic (exact) mass is 919 g/mol. The normalized spacial score (nSPS) is 12.8. The van der Waals surface area contributed by atoms with Gasteiger partial charge in [-0.25, -0.2) is 0 Å². The molecular formula is C61H106O5. The molecule has 5 nitrogen and oxygen atoms in total. The number of rotatable bonds is 51. The number of hydrogen-bond acceptors (Lipinski definition) is 5. The van der Waals surface area contributed by atoms with Crippen molar-refractivity contribution < 1.29 is 23.8 Å². The summed E-state index contributed by atoms with van der Waals surface area (Å²) >= 11 is 0. The zero-order chi connectivity index (χ0) is 47.7. The predicted octanol–water partition coefficient (Wildman–Crippen LogP) is 19.2. The fourth-order valence-corrected chi connectivity index (χ4v) is 7.74. The molecule has 0 aromatic carbocycles. The Labute approximate surface area is 409 Å². The summed E-state index contributed by atoms with van der Waals surface area (Å²) < 4.78 is 17.4. The SMILES string of the molecule is CC/C=C\C/C=C\C/C=C\C/C=C\CCCCCOCC(COC(=O)CCCCCCCC/C=C\C/C=C\C/C=C\CCCCC)OC(=O)CCCCCCCCCCCCCCCCC. The van der Waals surface area contributed by atoms with Crippen molar-refractivity contribution in [2.75, 3.05) is 19.8 Å². The lowest BCUT2D eigenvalue weighted by molar-refractivity contribution is -0.163. The van der Waals surface area contributed by atoms with Gasteiger partial charge in [0.2, 0.25) is 0 Å². The summed E-state index contributed by atoms with van der Waals surface area (Å²) in [4.78, 5) is 25.5. The van der Waals surface area contributed by atoms with E-state index in [4.69, 9.17) is 14.2 Å². The lowest BCUT2D eigenvalue weighted by Crippen LogP contribution is -2.30. The van der Waals surface area contributed by atoms with Crippen LogP contribution in [0.1, 0.15) is 265 Å². The van der Waals surface area contributed by atoms with Crippen molar-refractivity contribution in [1.82, 2.24) is 0 Å². The van der Waals surface area contributed by atoms with Crippen molar-refractivity contribution in [2.45, 2.75) is 271 Å². The van der Waals surface area contributed by atoms with Gasteiger partial charge in [-0.05, 0) is 96.3 Å². The first-order valence-corrected chi connectivity index (χ1v) is 28.1. The summed E-state index contributed by atoms with van der Waals surface area (Å²) in [7, 11) is 0. The standard InChI is InChI=1S/C61H106O5/c1-4-7-10-13-16-19-22-25-28-30-31-32-34-36-39-42-45-48-51-54-60(62)65-58-59(57-64-56-53-50-47-44-41-38-35-29-26-23-20-17-14-11-8-5-2)66-61(63)55-52-49-46-43-40-37-33-27-24-21-18-15-12-9-6-3/h8,11,16-17,19-20,25-26,28-29,31-32,38,41,59H,4-7,9-10,12-15,18,21-24,27,30,33-37,39-40,42-58H2,1-3H3/b11-8-,19-16-,20-17-,28-25-,29-26-,32-31-,41-38-. The van der Waals surface area contributed by atoms with Gasteiger partial charge in [-0.3, -0.25) is 9.59 Å². The second kappa shape index (κ2) is 56.4. The lowest BCUT2D eigenvalue weighted by Gasteiger charge is -2.18. The maximum Gasteiger partial charge on any atom is 0.306 e. The molecule has 0 saturated carbocycles. The van der Waals surface area contributed by atoms with E-state index in [1.807, 2.05) is 0 Å². The minimum absolute atomic E-state index is 0.0642. The predicted molar refractivity (Wildman–Crippen MR) is 288 cm³/mol. The van der Waals surface area contributed by atoms with Gasteiger partial charge in [-0.1, -0.05) is 241 Å². The average Bonchev–Trinajstić information content (AvgIpc) is 3.32. The van der Waals surface area contributed by atoms with Gasteiger partial charge < -0.3 is 14.2 Å². The number of esters is 2. The van der Waals surface area contributed by atoms with E-state index in [2.05, 4.69) is 106 Å². The van der Waals surface area contributed by atoms with Crippen molar-refractivity contribution >= 4 is 11.9 Å². The molecule has 0 aliphatic carbocycles. The fraction of sp³-hybridized carbons (Fsp3) is 0.738. The zero-order valence-electron chi connectivity index (χ0n) is 43.7. The smallest absolute Gasteiger partial charge is 0.306 e. The highest BCUT2D eigenvalue weighted by molar-refractivity contribution is 5.70. The molecule has 380 valence electrons. The van der Waals surface area contributed by atoms with Crippen molar-refractivity contribution in [1.29, 1.82) is 0 Å². The van der Waals surface area contributed by atoms with Gasteiger partial charge in [0.05, 0.1) is 6.61 Å². The summed E-state index contributed by atoms with van der Waals surface area (Å²) in [6, 6.07) is 0. The number of allylic oxidation sites excluding steroid dienone is 14. The highest BCUT2D eigenvalue weighted by atomic mass is 16.6. The van der Waals surface area contributed by atoms with E-state index in [0.717, 1.165) is 103 Å². The van der Waals surface area contributed by atoms with Gasteiger partial charge in [-0.2, -0.15) is 0 Å². The van der Waals surface area contributed by atoms with Crippen LogP contribution in [-0.2, 0) is 23.8 Å². The topological polar surface area (TPSA) is 61.8 Å². The second-order valence-corrected chi connectivity index (χ2v) is 18.5. The molecule has 0 aromatic heterocycles. The van der Waals surface area contributed by atoms with Crippen molar-refractivity contribution in [3.63, 3.8) is 0 Å². The number of ether oxygens (including phenoxy) is 3. The van der Waals surface area contributed by atoms with Gasteiger partial charge in [0, 0.05) is 19.4 Å². The molecule has 0 radical (unpaired) electrons. The molecule has 0 amide bonds. The third-order valence-electron chi connectivity index (χ3n) is 11.9. The average molecular weight is 920 g/mol. The van der Waals surface area contributed by atoms with Crippen LogP contribution in [0.2, 0.25) is 0 Å². The van der Waals surface area contributed by atoms with E-state index in [1.165, 1.54) is 128 Å². The molecule has 0 rings (SSSR count). The number of carbonyl (C=O) groups excluding carboxylic acids is 2. The Bertz CT molecular complexity index is 1220. The maximum atomic E-state index is 12.8. The van der Waals surface area contributed by atoms with E-state index in [-0.39, 0.29) is 25.2 Å². The lowest BCUT2D eigenvalue weighted by atomic mass is 10.0. The van der Waals surface area contributed by atoms with Crippen molar-refractivity contribution in [3.05, 3.63) is 85.1 Å². The van der Waals surface area contributed by atoms with Gasteiger partial charge >= 0.3 is 11.9 Å². The van der Waals surface area contributed by atoms with Crippen LogP contribution in [0, 0.1) is 0 Å². The van der Waals surface area contributed by atoms with Gasteiger partial charge in [0.15, 0.2) is 6.10 Å². The summed E-state index contributed by atoms with van der Waals surface area (Å²) in [5.41, 5.74) is 0. The van der Waals surface area contributed by atoms with Crippen LogP contribution in [0.5, 0.6) is 0 Å². The Balaban J connectivity index is 4.34. The van der Waals surface area contributed by atoms with E-state index < -0.39 is 6.10 Å². The summed E-state index contributed by atoms with van der Waals surface area (Å²) in [6.45, 7) is 7.63. The summed E-state index contributed by atoms with van der Waals surface area (Å²) in [6.07, 6.45) is 74.5. The zero-order valence-corrected chi connectivity index (χ0v) is 43.7. The molecule has 5 heteroatoms. The Morgan fingerprint density at radius 1 is 0.348 bits per heavy atom. The largest absolute Gasteiger partial charge is 0.462 e. The highest BCUT2D eigenvalue weighted by Crippen LogP contribution is 2.15. The third-order valence-corrected chi connectivity index (χ3v) is 11.9. The van der Waals surface area contributed by atoms with E-state index in [9.17, 15) is 9.59 Å². The van der Waals surface area contributed by atoms with Crippen molar-refractivity contribution in [2.24, 2.45) is 0 Å². The molecular weight excluding hydrogens is 813 g/mol. The molecule has 0 aliphatic heterocycles. The minimum Gasteiger partial charge on any atom is -0.462 e. The first-order valence-electron chi connectivity index (χ1n) is 28.1. The van der Waals surface area contributed by atoms with Crippen LogP contribution in [0.25, 0.3) is 0 Å².